The third-order valence-electron chi connectivity index (χ3n) is 4.03. The van der Waals surface area contributed by atoms with Crippen molar-refractivity contribution in [3.05, 3.63) is 30.6 Å². The maximum atomic E-state index is 11.8. The average molecular weight is 321 g/mol. The molecule has 8 heteroatoms. The fourth-order valence-corrected chi connectivity index (χ4v) is 3.81. The highest BCUT2D eigenvalue weighted by Gasteiger charge is 2.29. The zero-order chi connectivity index (χ0) is 15.7. The van der Waals surface area contributed by atoms with E-state index < -0.39 is 10.0 Å². The van der Waals surface area contributed by atoms with Gasteiger partial charge in [0.15, 0.2) is 0 Å². The maximum Gasteiger partial charge on any atom is 0.211 e. The van der Waals surface area contributed by atoms with E-state index in [4.69, 9.17) is 0 Å². The quantitative estimate of drug-likeness (QED) is 0.843. The van der Waals surface area contributed by atoms with Crippen LogP contribution in [0.25, 0.3) is 11.4 Å². The van der Waals surface area contributed by atoms with Crippen LogP contribution in [0, 0.1) is 0 Å². The molecule has 0 aliphatic carbocycles. The molecule has 22 heavy (non-hydrogen) atoms. The first-order valence-electron chi connectivity index (χ1n) is 7.19. The Morgan fingerprint density at radius 3 is 2.73 bits per heavy atom. The predicted octanol–water partition coefficient (Wildman–Crippen LogP) is 1.02. The lowest BCUT2D eigenvalue weighted by atomic mass is 9.94. The van der Waals surface area contributed by atoms with E-state index in [9.17, 15) is 8.42 Å². The number of nitrogens with zero attached hydrogens (tertiary/aromatic N) is 5. The Kier molecular flexibility index (Phi) is 3.96. The Morgan fingerprint density at radius 1 is 1.27 bits per heavy atom. The average Bonchev–Trinajstić information content (AvgIpc) is 2.92. The number of piperidine rings is 1. The minimum atomic E-state index is -3.17. The number of aromatic nitrogens is 4. The van der Waals surface area contributed by atoms with Crippen LogP contribution in [0.2, 0.25) is 0 Å². The Labute approximate surface area is 130 Å². The molecule has 3 heterocycles. The first-order chi connectivity index (χ1) is 10.5. The van der Waals surface area contributed by atoms with Crippen molar-refractivity contribution in [2.24, 2.45) is 7.05 Å². The smallest absolute Gasteiger partial charge is 0.211 e. The summed E-state index contributed by atoms with van der Waals surface area (Å²) in [6.07, 6.45) is 9.79. The van der Waals surface area contributed by atoms with Crippen molar-refractivity contribution in [3.63, 3.8) is 0 Å². The van der Waals surface area contributed by atoms with Crippen molar-refractivity contribution in [2.75, 3.05) is 19.3 Å². The first kappa shape index (κ1) is 15.1. The Hall–Kier alpha value is -1.80. The van der Waals surface area contributed by atoms with Crippen LogP contribution in [-0.2, 0) is 17.1 Å². The molecule has 0 bridgehead atoms. The predicted molar refractivity (Wildman–Crippen MR) is 82.6 cm³/mol. The summed E-state index contributed by atoms with van der Waals surface area (Å²) < 4.78 is 27.0. The van der Waals surface area contributed by atoms with E-state index >= 15 is 0 Å². The highest BCUT2D eigenvalue weighted by molar-refractivity contribution is 7.88. The van der Waals surface area contributed by atoms with Crippen molar-refractivity contribution >= 4 is 10.0 Å². The monoisotopic (exact) mass is 321 g/mol. The van der Waals surface area contributed by atoms with E-state index in [1.54, 1.807) is 24.9 Å². The number of rotatable bonds is 3. The van der Waals surface area contributed by atoms with E-state index in [0.717, 1.165) is 29.9 Å². The van der Waals surface area contributed by atoms with Crippen LogP contribution in [0.5, 0.6) is 0 Å². The van der Waals surface area contributed by atoms with Gasteiger partial charge in [-0.15, -0.1) is 0 Å². The van der Waals surface area contributed by atoms with Gasteiger partial charge in [-0.1, -0.05) is 0 Å². The van der Waals surface area contributed by atoms with Crippen LogP contribution >= 0.6 is 0 Å². The topological polar surface area (TPSA) is 81.0 Å². The SMILES string of the molecule is Cn1cncc1-c1nccnc1[C@H]1CCCN(S(C)(=O)=O)C1. The van der Waals surface area contributed by atoms with Gasteiger partial charge >= 0.3 is 0 Å². The van der Waals surface area contributed by atoms with Crippen LogP contribution in [0.4, 0.5) is 0 Å². The van der Waals surface area contributed by atoms with Gasteiger partial charge in [-0.3, -0.25) is 9.97 Å². The molecule has 0 amide bonds. The minimum Gasteiger partial charge on any atom is -0.332 e. The van der Waals surface area contributed by atoms with Crippen LogP contribution in [0.15, 0.2) is 24.9 Å². The summed E-state index contributed by atoms with van der Waals surface area (Å²) in [6.45, 7) is 1.04. The maximum absolute atomic E-state index is 11.8. The van der Waals surface area contributed by atoms with Gasteiger partial charge in [-0.2, -0.15) is 0 Å². The molecule has 0 aromatic carbocycles. The van der Waals surface area contributed by atoms with Crippen molar-refractivity contribution in [1.82, 2.24) is 23.8 Å². The summed E-state index contributed by atoms with van der Waals surface area (Å²) in [5.74, 6) is 0.0575. The summed E-state index contributed by atoms with van der Waals surface area (Å²) in [5.41, 5.74) is 2.52. The summed E-state index contributed by atoms with van der Waals surface area (Å²) in [4.78, 5) is 13.1. The molecule has 1 aliphatic heterocycles. The lowest BCUT2D eigenvalue weighted by Crippen LogP contribution is -2.38. The third kappa shape index (κ3) is 2.89. The second-order valence-corrected chi connectivity index (χ2v) is 7.62. The molecule has 3 rings (SSSR count). The molecule has 1 atom stereocenters. The van der Waals surface area contributed by atoms with Gasteiger partial charge in [0.05, 0.1) is 30.2 Å². The molecule has 0 radical (unpaired) electrons. The van der Waals surface area contributed by atoms with Crippen molar-refractivity contribution in [3.8, 4) is 11.4 Å². The molecule has 118 valence electrons. The summed E-state index contributed by atoms with van der Waals surface area (Å²) in [5, 5.41) is 0. The minimum absolute atomic E-state index is 0.0575. The largest absolute Gasteiger partial charge is 0.332 e. The van der Waals surface area contributed by atoms with Crippen LogP contribution in [0.3, 0.4) is 0 Å². The van der Waals surface area contributed by atoms with E-state index in [0.29, 0.717) is 13.1 Å². The fourth-order valence-electron chi connectivity index (χ4n) is 2.90. The van der Waals surface area contributed by atoms with E-state index in [1.165, 1.54) is 10.6 Å². The van der Waals surface area contributed by atoms with Crippen LogP contribution in [0.1, 0.15) is 24.5 Å². The van der Waals surface area contributed by atoms with Crippen molar-refractivity contribution in [2.45, 2.75) is 18.8 Å². The molecule has 2 aromatic rings. The molecule has 1 fully saturated rings. The summed E-state index contributed by atoms with van der Waals surface area (Å²) in [7, 11) is -1.27. The third-order valence-corrected chi connectivity index (χ3v) is 5.30. The Bertz CT molecular complexity index is 771. The van der Waals surface area contributed by atoms with E-state index in [1.807, 2.05) is 11.6 Å². The molecule has 1 aliphatic rings. The molecule has 0 spiro atoms. The number of hydrogen-bond acceptors (Lipinski definition) is 5. The molecule has 2 aromatic heterocycles. The molecule has 0 unspecified atom stereocenters. The zero-order valence-corrected chi connectivity index (χ0v) is 13.5. The zero-order valence-electron chi connectivity index (χ0n) is 12.7. The van der Waals surface area contributed by atoms with Gasteiger partial charge in [0, 0.05) is 38.4 Å². The van der Waals surface area contributed by atoms with Gasteiger partial charge < -0.3 is 4.57 Å². The van der Waals surface area contributed by atoms with Crippen LogP contribution in [-0.4, -0.2) is 51.6 Å². The molecular weight excluding hydrogens is 302 g/mol. The van der Waals surface area contributed by atoms with Crippen molar-refractivity contribution < 1.29 is 8.42 Å². The lowest BCUT2D eigenvalue weighted by Gasteiger charge is -2.31. The molecule has 0 saturated carbocycles. The van der Waals surface area contributed by atoms with Gasteiger partial charge in [-0.25, -0.2) is 17.7 Å². The first-order valence-corrected chi connectivity index (χ1v) is 9.04. The molecule has 0 N–H and O–H groups in total. The van der Waals surface area contributed by atoms with Gasteiger partial charge in [-0.05, 0) is 12.8 Å². The normalized spacial score (nSPS) is 20.2. The van der Waals surface area contributed by atoms with Gasteiger partial charge in [0.2, 0.25) is 10.0 Å². The van der Waals surface area contributed by atoms with E-state index in [-0.39, 0.29) is 5.92 Å². The van der Waals surface area contributed by atoms with Crippen LogP contribution < -0.4 is 0 Å². The van der Waals surface area contributed by atoms with Gasteiger partial charge in [0.1, 0.15) is 5.69 Å². The number of aryl methyl sites for hydroxylation is 1. The fraction of sp³-hybridized carbons (Fsp3) is 0.500. The molecular formula is C14H19N5O2S. The molecule has 7 nitrogen and oxygen atoms in total. The van der Waals surface area contributed by atoms with E-state index in [2.05, 4.69) is 15.0 Å². The Balaban J connectivity index is 1.97. The second-order valence-electron chi connectivity index (χ2n) is 5.64. The highest BCUT2D eigenvalue weighted by atomic mass is 32.2. The number of hydrogen-bond donors (Lipinski definition) is 0. The second kappa shape index (κ2) is 5.77. The Morgan fingerprint density at radius 2 is 2.05 bits per heavy atom. The standard InChI is InChI=1S/C14H19N5O2S/c1-18-10-15-8-12(18)14-13(16-5-6-17-14)11-4-3-7-19(9-11)22(2,20)21/h5-6,8,10-11H,3-4,7,9H2,1-2H3/t11-/m0/s1. The molecule has 1 saturated heterocycles. The van der Waals surface area contributed by atoms with Gasteiger partial charge in [0.25, 0.3) is 0 Å². The van der Waals surface area contributed by atoms with Crippen molar-refractivity contribution in [1.29, 1.82) is 0 Å². The highest BCUT2D eigenvalue weighted by Crippen LogP contribution is 2.32. The number of sulfonamides is 1. The summed E-state index contributed by atoms with van der Waals surface area (Å²) in [6, 6.07) is 0. The number of imidazole rings is 1. The summed E-state index contributed by atoms with van der Waals surface area (Å²) >= 11 is 0. The lowest BCUT2D eigenvalue weighted by molar-refractivity contribution is 0.314.